The van der Waals surface area contributed by atoms with Crippen LogP contribution < -0.4 is 0 Å². The molecule has 2 fully saturated rings. The molecule has 3 rings (SSSR count). The number of carbonyl (C=O) groups is 1. The number of nitrogens with zero attached hydrogens (tertiary/aromatic N) is 3. The van der Waals surface area contributed by atoms with Crippen molar-refractivity contribution in [1.29, 1.82) is 0 Å². The molecule has 1 amide bonds. The molecule has 2 aliphatic heterocycles. The average Bonchev–Trinajstić information content (AvgIpc) is 2.93. The van der Waals surface area contributed by atoms with Crippen molar-refractivity contribution >= 4 is 5.91 Å². The first-order valence-corrected chi connectivity index (χ1v) is 9.83. The van der Waals surface area contributed by atoms with E-state index in [4.69, 9.17) is 4.74 Å². The van der Waals surface area contributed by atoms with Crippen LogP contribution in [0.5, 0.6) is 0 Å². The molecule has 0 radical (unpaired) electrons. The third-order valence-electron chi connectivity index (χ3n) is 6.12. The molecule has 1 aromatic heterocycles. The Morgan fingerprint density at radius 2 is 1.88 bits per heavy atom. The third kappa shape index (κ3) is 3.94. The largest absolute Gasteiger partial charge is 0.383 e. The maximum absolute atomic E-state index is 12.9. The quantitative estimate of drug-likeness (QED) is 0.829. The number of rotatable bonds is 4. The van der Waals surface area contributed by atoms with Crippen molar-refractivity contribution in [2.45, 2.75) is 59.0 Å². The number of ether oxygens (including phenoxy) is 1. The summed E-state index contributed by atoms with van der Waals surface area (Å²) < 4.78 is 5.47. The normalized spacial score (nSPS) is 23.2. The van der Waals surface area contributed by atoms with Crippen LogP contribution in [0.25, 0.3) is 0 Å². The maximum Gasteiger partial charge on any atom is 0.253 e. The lowest BCUT2D eigenvalue weighted by Crippen LogP contribution is -2.44. The van der Waals surface area contributed by atoms with Gasteiger partial charge in [-0.3, -0.25) is 14.7 Å². The molecular formula is C21H33N3O2. The lowest BCUT2D eigenvalue weighted by atomic mass is 9.76. The Morgan fingerprint density at radius 1 is 1.27 bits per heavy atom. The molecule has 1 spiro atoms. The molecule has 5 heteroatoms. The highest BCUT2D eigenvalue weighted by Gasteiger charge is 2.46. The van der Waals surface area contributed by atoms with Crippen LogP contribution in [0.15, 0.2) is 12.1 Å². The number of pyridine rings is 1. The van der Waals surface area contributed by atoms with Crippen LogP contribution in [-0.4, -0.2) is 66.1 Å². The van der Waals surface area contributed by atoms with Gasteiger partial charge in [0.1, 0.15) is 0 Å². The summed E-state index contributed by atoms with van der Waals surface area (Å²) in [5, 5.41) is 0. The van der Waals surface area contributed by atoms with Crippen LogP contribution in [0, 0.1) is 19.3 Å². The predicted octanol–water partition coefficient (Wildman–Crippen LogP) is 3.05. The zero-order valence-electron chi connectivity index (χ0n) is 16.9. The second-order valence-electron chi connectivity index (χ2n) is 8.51. The highest BCUT2D eigenvalue weighted by molar-refractivity contribution is 5.94. The smallest absolute Gasteiger partial charge is 0.253 e. The predicted molar refractivity (Wildman–Crippen MR) is 103 cm³/mol. The van der Waals surface area contributed by atoms with Crippen molar-refractivity contribution in [3.63, 3.8) is 0 Å². The van der Waals surface area contributed by atoms with Gasteiger partial charge >= 0.3 is 0 Å². The first-order chi connectivity index (χ1) is 12.3. The monoisotopic (exact) mass is 359 g/mol. The molecule has 2 saturated heterocycles. The molecular weight excluding hydrogens is 326 g/mol. The Kier molecular flexibility index (Phi) is 5.68. The van der Waals surface area contributed by atoms with Gasteiger partial charge < -0.3 is 9.64 Å². The van der Waals surface area contributed by atoms with Crippen molar-refractivity contribution in [3.05, 3.63) is 29.1 Å². The van der Waals surface area contributed by atoms with Crippen LogP contribution in [0.4, 0.5) is 0 Å². The van der Waals surface area contributed by atoms with Crippen molar-refractivity contribution in [3.8, 4) is 0 Å². The Hall–Kier alpha value is -1.46. The standard InChI is InChI=1S/C21H33N3O2/c1-15(2)24-14-21(12-19(24)13-26-5)6-8-23(9-7-21)20(25)18-10-16(3)22-17(4)11-18/h10-11,15,19H,6-9,12-14H2,1-5H3. The Morgan fingerprint density at radius 3 is 2.42 bits per heavy atom. The second kappa shape index (κ2) is 7.65. The first-order valence-electron chi connectivity index (χ1n) is 9.83. The average molecular weight is 360 g/mol. The van der Waals surface area contributed by atoms with E-state index in [0.717, 1.165) is 56.0 Å². The van der Waals surface area contributed by atoms with Gasteiger partial charge in [-0.25, -0.2) is 0 Å². The number of likely N-dealkylation sites (tertiary alicyclic amines) is 2. The van der Waals surface area contributed by atoms with Gasteiger partial charge in [-0.05, 0) is 64.5 Å². The van der Waals surface area contributed by atoms with E-state index in [1.807, 2.05) is 30.9 Å². The molecule has 0 N–H and O–H groups in total. The van der Waals surface area contributed by atoms with Crippen molar-refractivity contribution in [2.75, 3.05) is 33.4 Å². The van der Waals surface area contributed by atoms with E-state index in [2.05, 4.69) is 23.7 Å². The molecule has 1 atom stereocenters. The number of hydrogen-bond donors (Lipinski definition) is 0. The molecule has 26 heavy (non-hydrogen) atoms. The number of amides is 1. The number of aromatic nitrogens is 1. The summed E-state index contributed by atoms with van der Waals surface area (Å²) in [6.45, 7) is 12.1. The Balaban J connectivity index is 1.66. The number of hydrogen-bond acceptors (Lipinski definition) is 4. The highest BCUT2D eigenvalue weighted by atomic mass is 16.5. The fraction of sp³-hybridized carbons (Fsp3) is 0.714. The van der Waals surface area contributed by atoms with E-state index in [1.165, 1.54) is 6.42 Å². The maximum atomic E-state index is 12.9. The van der Waals surface area contributed by atoms with Crippen LogP contribution in [0.1, 0.15) is 54.9 Å². The first kappa shape index (κ1) is 19.3. The third-order valence-corrected chi connectivity index (χ3v) is 6.12. The van der Waals surface area contributed by atoms with E-state index in [9.17, 15) is 4.79 Å². The summed E-state index contributed by atoms with van der Waals surface area (Å²) in [5.41, 5.74) is 2.94. The van der Waals surface area contributed by atoms with Crippen molar-refractivity contribution < 1.29 is 9.53 Å². The lowest BCUT2D eigenvalue weighted by molar-refractivity contribution is 0.0581. The molecule has 0 aliphatic carbocycles. The molecule has 1 unspecified atom stereocenters. The summed E-state index contributed by atoms with van der Waals surface area (Å²) >= 11 is 0. The van der Waals surface area contributed by atoms with E-state index in [1.54, 1.807) is 7.11 Å². The summed E-state index contributed by atoms with van der Waals surface area (Å²) in [4.78, 5) is 21.9. The number of aryl methyl sites for hydroxylation is 2. The summed E-state index contributed by atoms with van der Waals surface area (Å²) in [6, 6.07) is 4.86. The summed E-state index contributed by atoms with van der Waals surface area (Å²) in [5.74, 6) is 0.153. The number of carbonyl (C=O) groups excluding carboxylic acids is 1. The zero-order valence-corrected chi connectivity index (χ0v) is 16.9. The fourth-order valence-corrected chi connectivity index (χ4v) is 4.84. The second-order valence-corrected chi connectivity index (χ2v) is 8.51. The molecule has 2 aliphatic rings. The highest BCUT2D eigenvalue weighted by Crippen LogP contribution is 2.44. The van der Waals surface area contributed by atoms with Crippen LogP contribution >= 0.6 is 0 Å². The van der Waals surface area contributed by atoms with E-state index >= 15 is 0 Å². The minimum Gasteiger partial charge on any atom is -0.383 e. The SMILES string of the molecule is COCC1CC2(CCN(C(=O)c3cc(C)nc(C)c3)CC2)CN1C(C)C. The topological polar surface area (TPSA) is 45.7 Å². The Labute approximate surface area is 157 Å². The zero-order chi connectivity index (χ0) is 18.9. The van der Waals surface area contributed by atoms with Gasteiger partial charge in [0.25, 0.3) is 5.91 Å². The van der Waals surface area contributed by atoms with Crippen molar-refractivity contribution in [1.82, 2.24) is 14.8 Å². The molecule has 0 bridgehead atoms. The number of methoxy groups -OCH3 is 1. The van der Waals surface area contributed by atoms with Gasteiger partial charge in [-0.15, -0.1) is 0 Å². The minimum atomic E-state index is 0.153. The van der Waals surface area contributed by atoms with E-state index in [-0.39, 0.29) is 5.91 Å². The summed E-state index contributed by atoms with van der Waals surface area (Å²) in [7, 11) is 1.80. The molecule has 0 aromatic carbocycles. The molecule has 1 aromatic rings. The van der Waals surface area contributed by atoms with Gasteiger partial charge in [0.15, 0.2) is 0 Å². The Bertz CT molecular complexity index is 630. The lowest BCUT2D eigenvalue weighted by Gasteiger charge is -2.39. The van der Waals surface area contributed by atoms with Gasteiger partial charge in [0.05, 0.1) is 6.61 Å². The minimum absolute atomic E-state index is 0.153. The van der Waals surface area contributed by atoms with Crippen LogP contribution in [0.3, 0.4) is 0 Å². The number of piperidine rings is 1. The fourth-order valence-electron chi connectivity index (χ4n) is 4.84. The van der Waals surface area contributed by atoms with Gasteiger partial charge in [-0.2, -0.15) is 0 Å². The summed E-state index contributed by atoms with van der Waals surface area (Å²) in [6.07, 6.45) is 3.37. The van der Waals surface area contributed by atoms with E-state index < -0.39 is 0 Å². The molecule has 3 heterocycles. The molecule has 5 nitrogen and oxygen atoms in total. The van der Waals surface area contributed by atoms with E-state index in [0.29, 0.717) is 17.5 Å². The van der Waals surface area contributed by atoms with Crippen LogP contribution in [0.2, 0.25) is 0 Å². The van der Waals surface area contributed by atoms with Crippen LogP contribution in [-0.2, 0) is 4.74 Å². The van der Waals surface area contributed by atoms with Crippen molar-refractivity contribution in [2.24, 2.45) is 5.41 Å². The molecule has 0 saturated carbocycles. The molecule has 144 valence electrons. The van der Waals surface area contributed by atoms with Gasteiger partial charge in [0.2, 0.25) is 0 Å². The van der Waals surface area contributed by atoms with Gasteiger partial charge in [-0.1, -0.05) is 0 Å². The van der Waals surface area contributed by atoms with Gasteiger partial charge in [0, 0.05) is 55.8 Å².